The van der Waals surface area contributed by atoms with Gasteiger partial charge in [-0.15, -0.1) is 0 Å². The molecule has 2 heteroatoms. The highest BCUT2D eigenvalue weighted by Gasteiger charge is 2.07. The van der Waals surface area contributed by atoms with Crippen LogP contribution in [0, 0.1) is 7.05 Å². The molecule has 47 valence electrons. The van der Waals surface area contributed by atoms with Gasteiger partial charge in [0.15, 0.2) is 0 Å². The lowest BCUT2D eigenvalue weighted by Crippen LogP contribution is -2.41. The smallest absolute Gasteiger partial charge is 0.0110 e. The zero-order valence-corrected chi connectivity index (χ0v) is 5.43. The molecule has 1 aliphatic heterocycles. The molecule has 2 nitrogen and oxygen atoms in total. The Labute approximate surface area is 51.1 Å². The van der Waals surface area contributed by atoms with Crippen LogP contribution in [-0.4, -0.2) is 43.0 Å². The number of piperazine rings is 1. The summed E-state index contributed by atoms with van der Waals surface area (Å²) in [5.41, 5.74) is 0. The van der Waals surface area contributed by atoms with Crippen LogP contribution >= 0.6 is 0 Å². The lowest BCUT2D eigenvalue weighted by molar-refractivity contribution is 0.196. The van der Waals surface area contributed by atoms with Crippen molar-refractivity contribution in [3.8, 4) is 0 Å². The lowest BCUT2D eigenvalue weighted by atomic mass is 10.4. The number of rotatable bonds is 0. The van der Waals surface area contributed by atoms with Gasteiger partial charge in [0.2, 0.25) is 0 Å². The fraction of sp³-hybridized carbons (Fsp3) is 0.833. The Balaban J connectivity index is 2.19. The number of hydrogen-bond donors (Lipinski definition) is 0. The summed E-state index contributed by atoms with van der Waals surface area (Å²) in [6.07, 6.45) is 0. The highest BCUT2D eigenvalue weighted by atomic mass is 15.2. The van der Waals surface area contributed by atoms with Crippen molar-refractivity contribution in [1.29, 1.82) is 0 Å². The van der Waals surface area contributed by atoms with Gasteiger partial charge >= 0.3 is 0 Å². The molecular formula is C6H13N2. The summed E-state index contributed by atoms with van der Waals surface area (Å²) >= 11 is 0. The van der Waals surface area contributed by atoms with Crippen LogP contribution in [0.25, 0.3) is 0 Å². The second-order valence-corrected chi connectivity index (χ2v) is 2.42. The molecule has 1 aliphatic rings. The minimum absolute atomic E-state index is 1.12. The fourth-order valence-electron chi connectivity index (χ4n) is 0.848. The maximum absolute atomic E-state index is 3.84. The number of hydrogen-bond acceptors (Lipinski definition) is 2. The molecule has 0 bridgehead atoms. The molecule has 1 saturated heterocycles. The summed E-state index contributed by atoms with van der Waals surface area (Å²) in [6, 6.07) is 0. The first-order chi connectivity index (χ1) is 3.79. The second-order valence-electron chi connectivity index (χ2n) is 2.42. The Morgan fingerprint density at radius 1 is 1.12 bits per heavy atom. The van der Waals surface area contributed by atoms with Gasteiger partial charge in [-0.1, -0.05) is 0 Å². The van der Waals surface area contributed by atoms with Crippen molar-refractivity contribution in [1.82, 2.24) is 9.80 Å². The summed E-state index contributed by atoms with van der Waals surface area (Å²) in [4.78, 5) is 4.43. The normalized spacial score (nSPS) is 26.2. The van der Waals surface area contributed by atoms with Crippen molar-refractivity contribution in [2.24, 2.45) is 0 Å². The van der Waals surface area contributed by atoms with E-state index in [1.807, 2.05) is 0 Å². The van der Waals surface area contributed by atoms with E-state index in [0.717, 1.165) is 13.1 Å². The average molecular weight is 113 g/mol. The first-order valence-electron chi connectivity index (χ1n) is 3.03. The predicted octanol–water partition coefficient (Wildman–Crippen LogP) is 0.0254. The summed E-state index contributed by atoms with van der Waals surface area (Å²) in [6.45, 7) is 4.58. The quantitative estimate of drug-likeness (QED) is 0.437. The molecule has 0 N–H and O–H groups in total. The van der Waals surface area contributed by atoms with Gasteiger partial charge < -0.3 is 4.90 Å². The maximum Gasteiger partial charge on any atom is 0.0110 e. The minimum atomic E-state index is 1.12. The topological polar surface area (TPSA) is 6.48 Å². The summed E-state index contributed by atoms with van der Waals surface area (Å²) < 4.78 is 0. The van der Waals surface area contributed by atoms with Crippen LogP contribution in [0.2, 0.25) is 0 Å². The van der Waals surface area contributed by atoms with Gasteiger partial charge in [0.1, 0.15) is 0 Å². The number of nitrogens with zero attached hydrogens (tertiary/aromatic N) is 2. The first-order valence-corrected chi connectivity index (χ1v) is 3.03. The van der Waals surface area contributed by atoms with Gasteiger partial charge in [-0.3, -0.25) is 4.90 Å². The second kappa shape index (κ2) is 2.46. The molecule has 0 aliphatic carbocycles. The third-order valence-corrected chi connectivity index (χ3v) is 1.60. The molecule has 8 heavy (non-hydrogen) atoms. The Hall–Kier alpha value is -0.0800. The molecule has 1 heterocycles. The molecule has 0 saturated carbocycles. The van der Waals surface area contributed by atoms with Crippen LogP contribution in [0.3, 0.4) is 0 Å². The van der Waals surface area contributed by atoms with E-state index in [4.69, 9.17) is 0 Å². The highest BCUT2D eigenvalue weighted by molar-refractivity contribution is 4.67. The van der Waals surface area contributed by atoms with Gasteiger partial charge in [0.05, 0.1) is 0 Å². The Kier molecular flexibility index (Phi) is 1.86. The van der Waals surface area contributed by atoms with Crippen molar-refractivity contribution < 1.29 is 0 Å². The van der Waals surface area contributed by atoms with E-state index in [9.17, 15) is 0 Å². The largest absolute Gasteiger partial charge is 0.304 e. The Bertz CT molecular complexity index is 54.9. The van der Waals surface area contributed by atoms with Gasteiger partial charge in [-0.05, 0) is 7.05 Å². The van der Waals surface area contributed by atoms with Gasteiger partial charge in [-0.25, -0.2) is 0 Å². The zero-order chi connectivity index (χ0) is 5.98. The minimum Gasteiger partial charge on any atom is -0.304 e. The van der Waals surface area contributed by atoms with Crippen LogP contribution in [-0.2, 0) is 0 Å². The number of likely N-dealkylation sites (N-methyl/N-ethyl adjacent to an activating group) is 1. The summed E-state index contributed by atoms with van der Waals surface area (Å²) in [5.74, 6) is 0. The monoisotopic (exact) mass is 113 g/mol. The first kappa shape index (κ1) is 6.05. The van der Waals surface area contributed by atoms with Gasteiger partial charge in [0, 0.05) is 33.2 Å². The molecule has 0 amide bonds. The van der Waals surface area contributed by atoms with Crippen molar-refractivity contribution in [2.45, 2.75) is 0 Å². The van der Waals surface area contributed by atoms with E-state index in [0.29, 0.717) is 0 Å². The van der Waals surface area contributed by atoms with Gasteiger partial charge in [-0.2, -0.15) is 0 Å². The van der Waals surface area contributed by atoms with Crippen LogP contribution in [0.4, 0.5) is 0 Å². The maximum atomic E-state index is 3.84. The van der Waals surface area contributed by atoms with E-state index >= 15 is 0 Å². The molecule has 0 aromatic rings. The van der Waals surface area contributed by atoms with Crippen molar-refractivity contribution >= 4 is 0 Å². The molecular weight excluding hydrogens is 100 g/mol. The fourth-order valence-corrected chi connectivity index (χ4v) is 0.848. The third kappa shape index (κ3) is 1.46. The van der Waals surface area contributed by atoms with E-state index in [1.165, 1.54) is 13.1 Å². The molecule has 0 aromatic carbocycles. The van der Waals surface area contributed by atoms with Crippen LogP contribution in [0.1, 0.15) is 0 Å². The van der Waals surface area contributed by atoms with Crippen molar-refractivity contribution in [3.63, 3.8) is 0 Å². The molecule has 0 atom stereocenters. The van der Waals surface area contributed by atoms with Crippen molar-refractivity contribution in [2.75, 3.05) is 33.2 Å². The Morgan fingerprint density at radius 3 is 2.00 bits per heavy atom. The standard InChI is InChI=1S/C6H13N2/c1-7-3-5-8(2)6-4-7/h1,3-6H2,2H3. The highest BCUT2D eigenvalue weighted by Crippen LogP contribution is 1.94. The van der Waals surface area contributed by atoms with E-state index in [2.05, 4.69) is 23.9 Å². The molecule has 0 unspecified atom stereocenters. The van der Waals surface area contributed by atoms with Crippen LogP contribution < -0.4 is 0 Å². The summed E-state index contributed by atoms with van der Waals surface area (Å²) in [7, 11) is 5.98. The molecule has 0 spiro atoms. The van der Waals surface area contributed by atoms with E-state index in [1.54, 1.807) is 0 Å². The predicted molar refractivity (Wildman–Crippen MR) is 34.4 cm³/mol. The molecule has 1 rings (SSSR count). The summed E-state index contributed by atoms with van der Waals surface area (Å²) in [5, 5.41) is 0. The molecule has 1 radical (unpaired) electrons. The van der Waals surface area contributed by atoms with Crippen LogP contribution in [0.5, 0.6) is 0 Å². The van der Waals surface area contributed by atoms with Gasteiger partial charge in [0.25, 0.3) is 0 Å². The SMILES string of the molecule is [CH2]N1CCN(C)CC1. The van der Waals surface area contributed by atoms with Crippen LogP contribution in [0.15, 0.2) is 0 Å². The van der Waals surface area contributed by atoms with Crippen molar-refractivity contribution in [3.05, 3.63) is 7.05 Å². The average Bonchev–Trinajstić information content (AvgIpc) is 1.77. The van der Waals surface area contributed by atoms with E-state index < -0.39 is 0 Å². The third-order valence-electron chi connectivity index (χ3n) is 1.60. The Morgan fingerprint density at radius 2 is 1.62 bits per heavy atom. The zero-order valence-electron chi connectivity index (χ0n) is 5.43. The molecule has 0 aromatic heterocycles. The lowest BCUT2D eigenvalue weighted by Gasteiger charge is -2.28. The van der Waals surface area contributed by atoms with E-state index in [-0.39, 0.29) is 0 Å². The molecule has 1 fully saturated rings.